The molecule has 8 nitrogen and oxygen atoms in total. The number of fused-ring (bicyclic) bond motifs is 1. The largest absolute Gasteiger partial charge is 0.328 e. The van der Waals surface area contributed by atoms with Crippen molar-refractivity contribution in [3.63, 3.8) is 0 Å². The van der Waals surface area contributed by atoms with Crippen molar-refractivity contribution in [2.24, 2.45) is 7.05 Å². The Labute approximate surface area is 387 Å². The van der Waals surface area contributed by atoms with E-state index in [2.05, 4.69) is 32.3 Å². The van der Waals surface area contributed by atoms with Gasteiger partial charge in [0.05, 0.1) is 21.8 Å². The summed E-state index contributed by atoms with van der Waals surface area (Å²) in [6, 6.07) is 21.6. The number of aryl methyl sites for hydroxylation is 1. The van der Waals surface area contributed by atoms with E-state index < -0.39 is 0 Å². The fraction of sp³-hybridized carbons (Fsp3) is 0.466. The van der Waals surface area contributed by atoms with Crippen molar-refractivity contribution < 1.29 is 0 Å². The summed E-state index contributed by atoms with van der Waals surface area (Å²) in [6.45, 7) is 8.82. The van der Waals surface area contributed by atoms with Crippen LogP contribution in [-0.2, 0) is 7.05 Å². The van der Waals surface area contributed by atoms with Crippen LogP contribution in [0.2, 0.25) is 0 Å². The molecule has 0 fully saturated rings. The van der Waals surface area contributed by atoms with E-state index in [-0.39, 0.29) is 34.3 Å². The molecule has 3 heterocycles. The van der Waals surface area contributed by atoms with Gasteiger partial charge in [0.25, 0.3) is 22.2 Å². The molecule has 344 valence electrons. The maximum atomic E-state index is 15.3. The lowest BCUT2D eigenvalue weighted by atomic mass is 9.85. The molecule has 0 spiro atoms. The van der Waals surface area contributed by atoms with Crippen LogP contribution in [0, 0.1) is 0 Å². The molecule has 0 aliphatic rings. The van der Waals surface area contributed by atoms with Crippen LogP contribution in [-0.4, -0.2) is 18.7 Å². The minimum atomic E-state index is -0.246. The monoisotopic (exact) mass is 885 g/mol. The minimum Gasteiger partial charge on any atom is -0.328 e. The summed E-state index contributed by atoms with van der Waals surface area (Å²) in [5.74, 6) is 0.688. The van der Waals surface area contributed by atoms with Gasteiger partial charge >= 0.3 is 0 Å². The van der Waals surface area contributed by atoms with Gasteiger partial charge in [-0.25, -0.2) is 4.98 Å². The number of unbranched alkanes of at least 4 members (excludes halogenated alkanes) is 12. The van der Waals surface area contributed by atoms with Crippen LogP contribution in [0.5, 0.6) is 0 Å². The van der Waals surface area contributed by atoms with E-state index in [0.717, 1.165) is 172 Å². The van der Waals surface area contributed by atoms with E-state index in [9.17, 15) is 0 Å². The predicted octanol–water partition coefficient (Wildman–Crippen LogP) is 14.5. The summed E-state index contributed by atoms with van der Waals surface area (Å²) in [6.07, 6.45) is 20.4. The lowest BCUT2D eigenvalue weighted by molar-refractivity contribution is 0.384. The van der Waals surface area contributed by atoms with Crippen molar-refractivity contribution in [2.45, 2.75) is 168 Å². The minimum absolute atomic E-state index is 0.183. The van der Waals surface area contributed by atoms with Crippen LogP contribution in [0.4, 0.5) is 0 Å². The molecule has 0 amide bonds. The summed E-state index contributed by atoms with van der Waals surface area (Å²) in [4.78, 5) is 66.1. The average Bonchev–Trinajstić information content (AvgIpc) is 3.45. The first-order valence-corrected chi connectivity index (χ1v) is 25.7. The Hall–Kier alpha value is -5.63. The van der Waals surface area contributed by atoms with Gasteiger partial charge in [0.2, 0.25) is 0 Å². The Balaban J connectivity index is 1.38. The van der Waals surface area contributed by atoms with Crippen molar-refractivity contribution in [1.82, 2.24) is 18.7 Å². The lowest BCUT2D eigenvalue weighted by Gasteiger charge is -2.23. The summed E-state index contributed by atoms with van der Waals surface area (Å²) >= 11 is 0. The standard InChI is InChI=1S/C58H68N4O4/c1-6-10-14-21-27-38(28-22-15-11-7-2)61-55(63)42-33-31-40-41-32-34-43-49-45(58(66)62(56(43)64)39(29-23-16-12-8-3)30-24-17-13-9-4)36-47-53(51(41)49)52-46(35-44(57(61)65)48(42)50(40)52)59-54(60(47)5)37-25-19-18-20-26-37/h18-20,25-26,31-36,38-39H,6-17,21-24,27-30H2,1-5H3. The quantitative estimate of drug-likeness (QED) is 0.0362. The summed E-state index contributed by atoms with van der Waals surface area (Å²) < 4.78 is 5.30. The Bertz CT molecular complexity index is 3360. The van der Waals surface area contributed by atoms with Crippen LogP contribution in [0.3, 0.4) is 0 Å². The Morgan fingerprint density at radius 2 is 0.833 bits per heavy atom. The number of hydrogen-bond donors (Lipinski definition) is 0. The Kier molecular flexibility index (Phi) is 13.6. The average molecular weight is 885 g/mol. The van der Waals surface area contributed by atoms with E-state index in [1.165, 1.54) is 0 Å². The van der Waals surface area contributed by atoms with E-state index in [1.54, 1.807) is 9.13 Å². The third-order valence-electron chi connectivity index (χ3n) is 15.1. The first-order valence-electron chi connectivity index (χ1n) is 25.7. The van der Waals surface area contributed by atoms with Crippen molar-refractivity contribution >= 4 is 75.7 Å². The molecule has 9 rings (SSSR count). The molecule has 6 aromatic carbocycles. The zero-order chi connectivity index (χ0) is 46.1. The number of pyridine rings is 2. The van der Waals surface area contributed by atoms with Crippen LogP contribution in [0.25, 0.3) is 87.1 Å². The molecule has 9 aromatic rings. The van der Waals surface area contributed by atoms with Crippen molar-refractivity contribution in [3.05, 3.63) is 108 Å². The van der Waals surface area contributed by atoms with E-state index in [4.69, 9.17) is 4.98 Å². The molecule has 0 aliphatic heterocycles. The van der Waals surface area contributed by atoms with Gasteiger partial charge in [-0.05, 0) is 60.7 Å². The number of rotatable bonds is 23. The number of aromatic nitrogens is 4. The van der Waals surface area contributed by atoms with Gasteiger partial charge in [0.1, 0.15) is 5.82 Å². The number of hydrogen-bond acceptors (Lipinski definition) is 5. The first kappa shape index (κ1) is 45.5. The normalized spacial score (nSPS) is 12.5. The molecule has 0 unspecified atom stereocenters. The van der Waals surface area contributed by atoms with E-state index in [0.29, 0.717) is 43.7 Å². The first-order chi connectivity index (χ1) is 32.2. The van der Waals surface area contributed by atoms with Crippen molar-refractivity contribution in [2.75, 3.05) is 0 Å². The van der Waals surface area contributed by atoms with Gasteiger partial charge in [-0.2, -0.15) is 0 Å². The molecule has 66 heavy (non-hydrogen) atoms. The number of benzene rings is 6. The molecule has 0 atom stereocenters. The highest BCUT2D eigenvalue weighted by molar-refractivity contribution is 6.44. The van der Waals surface area contributed by atoms with E-state index >= 15 is 19.2 Å². The maximum Gasteiger partial charge on any atom is 0.261 e. The van der Waals surface area contributed by atoms with Crippen molar-refractivity contribution in [1.29, 1.82) is 0 Å². The molecule has 0 saturated carbocycles. The maximum absolute atomic E-state index is 15.3. The lowest BCUT2D eigenvalue weighted by Crippen LogP contribution is -2.37. The SMILES string of the molecule is CCCCCCC(CCCCCC)n1c(=O)c2ccc3c4ccc5c(=O)n(C(CCCCCC)CCCCCC)c(=O)c6cc7c(c8c(cc(c1=O)c2c38)nc(-c1ccccc1)n7C)c4c56. The fourth-order valence-electron chi connectivity index (χ4n) is 11.7. The fourth-order valence-corrected chi connectivity index (χ4v) is 11.7. The second kappa shape index (κ2) is 19.7. The van der Waals surface area contributed by atoms with Gasteiger partial charge in [-0.3, -0.25) is 28.3 Å². The second-order valence-corrected chi connectivity index (χ2v) is 19.5. The summed E-state index contributed by atoms with van der Waals surface area (Å²) in [5.41, 5.74) is 1.43. The third-order valence-corrected chi connectivity index (χ3v) is 15.1. The number of nitrogens with zero attached hydrogens (tertiary/aromatic N) is 4. The molecule has 0 radical (unpaired) electrons. The third kappa shape index (κ3) is 7.86. The van der Waals surface area contributed by atoms with Gasteiger partial charge < -0.3 is 4.57 Å². The topological polar surface area (TPSA) is 96.0 Å². The molecular formula is C58H68N4O4. The molecule has 0 aliphatic carbocycles. The van der Waals surface area contributed by atoms with E-state index in [1.807, 2.05) is 73.8 Å². The highest BCUT2D eigenvalue weighted by Gasteiger charge is 2.29. The molecule has 3 aromatic heterocycles. The highest BCUT2D eigenvalue weighted by Crippen LogP contribution is 2.48. The van der Waals surface area contributed by atoms with Crippen LogP contribution in [0.1, 0.15) is 168 Å². The molecule has 8 heteroatoms. The summed E-state index contributed by atoms with van der Waals surface area (Å²) in [5, 5.41) is 8.67. The Morgan fingerprint density at radius 3 is 1.29 bits per heavy atom. The smallest absolute Gasteiger partial charge is 0.261 e. The van der Waals surface area contributed by atoms with Gasteiger partial charge in [0.15, 0.2) is 0 Å². The van der Waals surface area contributed by atoms with Gasteiger partial charge in [-0.15, -0.1) is 0 Å². The zero-order valence-electron chi connectivity index (χ0n) is 40.1. The predicted molar refractivity (Wildman–Crippen MR) is 279 cm³/mol. The molecule has 0 saturated heterocycles. The highest BCUT2D eigenvalue weighted by atomic mass is 16.2. The summed E-state index contributed by atoms with van der Waals surface area (Å²) in [7, 11) is 2.01. The molecular weight excluding hydrogens is 817 g/mol. The molecule has 0 N–H and O–H groups in total. The van der Waals surface area contributed by atoms with Gasteiger partial charge in [0, 0.05) is 67.8 Å². The van der Waals surface area contributed by atoms with Crippen LogP contribution in [0.15, 0.2) is 85.9 Å². The van der Waals surface area contributed by atoms with Gasteiger partial charge in [-0.1, -0.05) is 173 Å². The second-order valence-electron chi connectivity index (χ2n) is 19.5. The van der Waals surface area contributed by atoms with Crippen LogP contribution < -0.4 is 22.2 Å². The molecule has 0 bridgehead atoms. The Morgan fingerprint density at radius 1 is 0.424 bits per heavy atom. The van der Waals surface area contributed by atoms with Crippen LogP contribution >= 0.6 is 0 Å². The van der Waals surface area contributed by atoms with Crippen molar-refractivity contribution in [3.8, 4) is 11.4 Å². The zero-order valence-corrected chi connectivity index (χ0v) is 40.1.